The third kappa shape index (κ3) is 4.03. The Morgan fingerprint density at radius 1 is 0.867 bits per heavy atom. The topological polar surface area (TPSA) is 66.4 Å². The van der Waals surface area contributed by atoms with Crippen LogP contribution < -0.4 is 4.90 Å². The third-order valence-corrected chi connectivity index (χ3v) is 7.01. The molecule has 9 heteroatoms. The normalized spacial score (nSPS) is 15.4. The van der Waals surface area contributed by atoms with Crippen molar-refractivity contribution < 1.29 is 17.2 Å². The molecule has 0 spiro atoms. The molecule has 30 heavy (non-hydrogen) atoms. The molecule has 6 nitrogen and oxygen atoms in total. The highest BCUT2D eigenvalue weighted by molar-refractivity contribution is 7.89. The van der Waals surface area contributed by atoms with Crippen molar-refractivity contribution in [1.29, 1.82) is 0 Å². The zero-order chi connectivity index (χ0) is 21.3. The van der Waals surface area contributed by atoms with E-state index in [1.54, 1.807) is 25.1 Å². The lowest BCUT2D eigenvalue weighted by molar-refractivity contribution is 0.383. The minimum absolute atomic E-state index is 0.0956. The van der Waals surface area contributed by atoms with Crippen molar-refractivity contribution in [3.8, 4) is 11.3 Å². The van der Waals surface area contributed by atoms with Crippen LogP contribution in [0.15, 0.2) is 59.5 Å². The number of aromatic nitrogens is 2. The van der Waals surface area contributed by atoms with E-state index in [0.29, 0.717) is 43.3 Å². The first kappa shape index (κ1) is 20.4. The van der Waals surface area contributed by atoms with E-state index in [9.17, 15) is 17.2 Å². The first-order valence-electron chi connectivity index (χ1n) is 9.45. The molecule has 0 radical (unpaired) electrons. The molecule has 2 heterocycles. The molecular weight excluding hydrogens is 410 g/mol. The fourth-order valence-corrected chi connectivity index (χ4v) is 4.86. The molecule has 1 fully saturated rings. The fourth-order valence-electron chi connectivity index (χ4n) is 3.35. The highest BCUT2D eigenvalue weighted by atomic mass is 32.2. The van der Waals surface area contributed by atoms with Gasteiger partial charge in [0.15, 0.2) is 5.82 Å². The number of piperazine rings is 1. The van der Waals surface area contributed by atoms with Crippen LogP contribution in [0.3, 0.4) is 0 Å². The molecule has 4 rings (SSSR count). The average molecular weight is 430 g/mol. The number of rotatable bonds is 4. The highest BCUT2D eigenvalue weighted by Gasteiger charge is 2.29. The molecule has 1 aliphatic heterocycles. The lowest BCUT2D eigenvalue weighted by Crippen LogP contribution is -2.49. The molecule has 1 aliphatic rings. The van der Waals surface area contributed by atoms with Gasteiger partial charge in [-0.05, 0) is 67.1 Å². The summed E-state index contributed by atoms with van der Waals surface area (Å²) in [6.45, 7) is 3.05. The first-order valence-corrected chi connectivity index (χ1v) is 10.9. The molecule has 0 unspecified atom stereocenters. The van der Waals surface area contributed by atoms with Crippen LogP contribution in [0.5, 0.6) is 0 Å². The van der Waals surface area contributed by atoms with Gasteiger partial charge in [-0.15, -0.1) is 10.2 Å². The van der Waals surface area contributed by atoms with E-state index in [4.69, 9.17) is 0 Å². The lowest BCUT2D eigenvalue weighted by Gasteiger charge is -2.34. The van der Waals surface area contributed by atoms with Gasteiger partial charge in [-0.3, -0.25) is 0 Å². The van der Waals surface area contributed by atoms with E-state index in [0.717, 1.165) is 5.56 Å². The minimum atomic E-state index is -3.68. The summed E-state index contributed by atoms with van der Waals surface area (Å²) in [6, 6.07) is 13.5. The van der Waals surface area contributed by atoms with Crippen molar-refractivity contribution in [1.82, 2.24) is 14.5 Å². The summed E-state index contributed by atoms with van der Waals surface area (Å²) in [4.78, 5) is 2.06. The summed E-state index contributed by atoms with van der Waals surface area (Å²) >= 11 is 0. The maximum atomic E-state index is 13.5. The minimum Gasteiger partial charge on any atom is -0.352 e. The Balaban J connectivity index is 1.44. The number of nitrogens with zero attached hydrogens (tertiary/aromatic N) is 4. The quantitative estimate of drug-likeness (QED) is 0.636. The summed E-state index contributed by atoms with van der Waals surface area (Å²) in [5.74, 6) is -0.0936. The fraction of sp³-hybridized carbons (Fsp3) is 0.238. The molecule has 156 valence electrons. The van der Waals surface area contributed by atoms with Gasteiger partial charge in [0.05, 0.1) is 10.6 Å². The Hall–Kier alpha value is -2.91. The lowest BCUT2D eigenvalue weighted by atomic mass is 10.1. The van der Waals surface area contributed by atoms with E-state index in [-0.39, 0.29) is 10.7 Å². The molecule has 2 aromatic carbocycles. The maximum Gasteiger partial charge on any atom is 0.243 e. The second-order valence-electron chi connectivity index (χ2n) is 7.09. The molecule has 1 aromatic heterocycles. The average Bonchev–Trinajstić information content (AvgIpc) is 2.76. The standard InChI is InChI=1S/C21H20F2N4O2S/c1-15-14-18(6-7-19(15)23)30(28,29)27-12-10-26(11-13-27)21-9-8-20(24-25-21)16-2-4-17(22)5-3-16/h2-9,14H,10-13H2,1H3. The molecule has 0 N–H and O–H groups in total. The van der Waals surface area contributed by atoms with Gasteiger partial charge in [0.25, 0.3) is 0 Å². The third-order valence-electron chi connectivity index (χ3n) is 5.12. The van der Waals surface area contributed by atoms with E-state index >= 15 is 0 Å². The Morgan fingerprint density at radius 3 is 2.17 bits per heavy atom. The predicted octanol–water partition coefficient (Wildman–Crippen LogP) is 3.24. The van der Waals surface area contributed by atoms with Crippen LogP contribution in [-0.4, -0.2) is 49.1 Å². The number of anilines is 1. The molecular formula is C21H20F2N4O2S. The van der Waals surface area contributed by atoms with Crippen LogP contribution in [0.1, 0.15) is 5.56 Å². The van der Waals surface area contributed by atoms with Gasteiger partial charge in [0, 0.05) is 31.7 Å². The van der Waals surface area contributed by atoms with Gasteiger partial charge in [-0.1, -0.05) is 0 Å². The molecule has 3 aromatic rings. The number of hydrogen-bond acceptors (Lipinski definition) is 5. The van der Waals surface area contributed by atoms with Crippen molar-refractivity contribution in [3.05, 3.63) is 71.8 Å². The monoisotopic (exact) mass is 430 g/mol. The van der Waals surface area contributed by atoms with E-state index in [2.05, 4.69) is 10.2 Å². The van der Waals surface area contributed by atoms with Crippen LogP contribution in [0.4, 0.5) is 14.6 Å². The largest absolute Gasteiger partial charge is 0.352 e. The predicted molar refractivity (Wildman–Crippen MR) is 110 cm³/mol. The van der Waals surface area contributed by atoms with E-state index in [1.807, 2.05) is 11.0 Å². The first-order chi connectivity index (χ1) is 14.3. The summed E-state index contributed by atoms with van der Waals surface area (Å²) in [7, 11) is -3.68. The summed E-state index contributed by atoms with van der Waals surface area (Å²) in [5, 5.41) is 8.45. The second-order valence-corrected chi connectivity index (χ2v) is 9.02. The number of benzene rings is 2. The second kappa shape index (κ2) is 8.08. The number of aryl methyl sites for hydroxylation is 1. The van der Waals surface area contributed by atoms with E-state index in [1.165, 1.54) is 34.6 Å². The van der Waals surface area contributed by atoms with Gasteiger partial charge >= 0.3 is 0 Å². The van der Waals surface area contributed by atoms with Gasteiger partial charge in [0.2, 0.25) is 10.0 Å². The summed E-state index contributed by atoms with van der Waals surface area (Å²) < 4.78 is 53.6. The molecule has 0 saturated carbocycles. The van der Waals surface area contributed by atoms with Crippen LogP contribution >= 0.6 is 0 Å². The van der Waals surface area contributed by atoms with Crippen LogP contribution in [0.25, 0.3) is 11.3 Å². The van der Waals surface area contributed by atoms with Crippen molar-refractivity contribution in [2.45, 2.75) is 11.8 Å². The van der Waals surface area contributed by atoms with Gasteiger partial charge in [-0.2, -0.15) is 4.31 Å². The van der Waals surface area contributed by atoms with Gasteiger partial charge < -0.3 is 4.90 Å². The highest BCUT2D eigenvalue weighted by Crippen LogP contribution is 2.23. The summed E-state index contributed by atoms with van der Waals surface area (Å²) in [6.07, 6.45) is 0. The Bertz CT molecular complexity index is 1140. The van der Waals surface area contributed by atoms with Crippen molar-refractivity contribution in [2.75, 3.05) is 31.1 Å². The van der Waals surface area contributed by atoms with Crippen molar-refractivity contribution in [3.63, 3.8) is 0 Å². The van der Waals surface area contributed by atoms with Gasteiger partial charge in [-0.25, -0.2) is 17.2 Å². The van der Waals surface area contributed by atoms with E-state index < -0.39 is 15.8 Å². The molecule has 0 atom stereocenters. The SMILES string of the molecule is Cc1cc(S(=O)(=O)N2CCN(c3ccc(-c4ccc(F)cc4)nn3)CC2)ccc1F. The molecule has 0 bridgehead atoms. The zero-order valence-corrected chi connectivity index (χ0v) is 17.1. The number of hydrogen-bond donors (Lipinski definition) is 0. The van der Waals surface area contributed by atoms with Crippen LogP contribution in [0, 0.1) is 18.6 Å². The Labute approximate surface area is 173 Å². The summed E-state index contributed by atoms with van der Waals surface area (Å²) in [5.41, 5.74) is 1.69. The van der Waals surface area contributed by atoms with Crippen LogP contribution in [-0.2, 0) is 10.0 Å². The maximum absolute atomic E-state index is 13.5. The van der Waals surface area contributed by atoms with Crippen LogP contribution in [0.2, 0.25) is 0 Å². The molecule has 0 amide bonds. The van der Waals surface area contributed by atoms with Crippen molar-refractivity contribution in [2.24, 2.45) is 0 Å². The molecule has 0 aliphatic carbocycles. The Kier molecular flexibility index (Phi) is 5.48. The molecule has 1 saturated heterocycles. The number of halogens is 2. The Morgan fingerprint density at radius 2 is 1.57 bits per heavy atom. The van der Waals surface area contributed by atoms with Gasteiger partial charge in [0.1, 0.15) is 11.6 Å². The zero-order valence-electron chi connectivity index (χ0n) is 16.3. The smallest absolute Gasteiger partial charge is 0.243 e. The number of sulfonamides is 1. The van der Waals surface area contributed by atoms with Crippen molar-refractivity contribution >= 4 is 15.8 Å².